The number of aliphatic hydroxyl groups is 1. The van der Waals surface area contributed by atoms with Crippen molar-refractivity contribution < 1.29 is 9.84 Å². The molecule has 25 heavy (non-hydrogen) atoms. The molecule has 2 saturated heterocycles. The van der Waals surface area contributed by atoms with E-state index >= 15 is 0 Å². The molecule has 0 aromatic carbocycles. The summed E-state index contributed by atoms with van der Waals surface area (Å²) in [5.74, 6) is 1.71. The number of hydrogen-bond donors (Lipinski definition) is 1. The second-order valence-electron chi connectivity index (χ2n) is 6.77. The van der Waals surface area contributed by atoms with E-state index in [1.807, 2.05) is 30.7 Å². The first-order valence-electron chi connectivity index (χ1n) is 8.72. The standard InChI is InChI=1S/C17H24N6O2/c1-12-7-13(2)23(20-12)17-8-16(18-11-19-17)22-5-3-21(4-6-22)14-9-25-10-15(14)24/h7-8,11,14-15,24H,3-6,9-10H2,1-2H3. The lowest BCUT2D eigenvalue weighted by Gasteiger charge is -2.38. The highest BCUT2D eigenvalue weighted by molar-refractivity contribution is 5.44. The number of aryl methyl sites for hydroxylation is 2. The van der Waals surface area contributed by atoms with Crippen LogP contribution in [0, 0.1) is 13.8 Å². The molecule has 4 heterocycles. The maximum absolute atomic E-state index is 10.0. The number of piperazine rings is 1. The van der Waals surface area contributed by atoms with Crippen LogP contribution in [0.3, 0.4) is 0 Å². The molecule has 2 atom stereocenters. The fraction of sp³-hybridized carbons (Fsp3) is 0.588. The molecule has 0 bridgehead atoms. The van der Waals surface area contributed by atoms with Gasteiger partial charge in [0.05, 0.1) is 31.1 Å². The summed E-state index contributed by atoms with van der Waals surface area (Å²) < 4.78 is 7.23. The van der Waals surface area contributed by atoms with E-state index in [4.69, 9.17) is 4.74 Å². The number of nitrogens with zero attached hydrogens (tertiary/aromatic N) is 6. The lowest BCUT2D eigenvalue weighted by molar-refractivity contribution is 0.0784. The van der Waals surface area contributed by atoms with E-state index in [0.29, 0.717) is 13.2 Å². The molecule has 8 heteroatoms. The van der Waals surface area contributed by atoms with Crippen molar-refractivity contribution in [3.05, 3.63) is 29.8 Å². The maximum atomic E-state index is 10.0. The molecule has 2 aliphatic heterocycles. The van der Waals surface area contributed by atoms with E-state index in [-0.39, 0.29) is 12.1 Å². The summed E-state index contributed by atoms with van der Waals surface area (Å²) in [6, 6.07) is 4.15. The van der Waals surface area contributed by atoms with Crippen LogP contribution in [0.5, 0.6) is 0 Å². The summed E-state index contributed by atoms with van der Waals surface area (Å²) in [7, 11) is 0. The van der Waals surface area contributed by atoms with E-state index in [2.05, 4.69) is 24.9 Å². The Morgan fingerprint density at radius 1 is 1.04 bits per heavy atom. The topological polar surface area (TPSA) is 79.5 Å². The molecule has 4 rings (SSSR count). The van der Waals surface area contributed by atoms with Gasteiger partial charge in [-0.25, -0.2) is 14.6 Å². The van der Waals surface area contributed by atoms with Gasteiger partial charge in [-0.15, -0.1) is 0 Å². The van der Waals surface area contributed by atoms with Crippen molar-refractivity contribution in [1.29, 1.82) is 0 Å². The minimum absolute atomic E-state index is 0.123. The fourth-order valence-corrected chi connectivity index (χ4v) is 3.65. The summed E-state index contributed by atoms with van der Waals surface area (Å²) in [4.78, 5) is 13.4. The van der Waals surface area contributed by atoms with Crippen LogP contribution >= 0.6 is 0 Å². The lowest BCUT2D eigenvalue weighted by atomic mass is 10.1. The number of aromatic nitrogens is 4. The van der Waals surface area contributed by atoms with E-state index in [9.17, 15) is 5.11 Å². The summed E-state index contributed by atoms with van der Waals surface area (Å²) in [6.07, 6.45) is 1.23. The zero-order valence-corrected chi connectivity index (χ0v) is 14.7. The molecule has 8 nitrogen and oxygen atoms in total. The quantitative estimate of drug-likeness (QED) is 0.850. The Bertz CT molecular complexity index is 740. The van der Waals surface area contributed by atoms with Crippen LogP contribution in [0.4, 0.5) is 5.82 Å². The molecule has 0 aliphatic carbocycles. The van der Waals surface area contributed by atoms with Crippen LogP contribution in [0.15, 0.2) is 18.5 Å². The van der Waals surface area contributed by atoms with E-state index < -0.39 is 0 Å². The highest BCUT2D eigenvalue weighted by Crippen LogP contribution is 2.20. The minimum Gasteiger partial charge on any atom is -0.389 e. The van der Waals surface area contributed by atoms with Crippen LogP contribution in [-0.2, 0) is 4.74 Å². The molecule has 1 N–H and O–H groups in total. The summed E-state index contributed by atoms with van der Waals surface area (Å²) in [5.41, 5.74) is 2.03. The second-order valence-corrected chi connectivity index (χ2v) is 6.77. The van der Waals surface area contributed by atoms with Crippen LogP contribution in [0.1, 0.15) is 11.4 Å². The smallest absolute Gasteiger partial charge is 0.159 e. The van der Waals surface area contributed by atoms with Crippen molar-refractivity contribution in [2.45, 2.75) is 26.0 Å². The highest BCUT2D eigenvalue weighted by atomic mass is 16.5. The van der Waals surface area contributed by atoms with E-state index in [0.717, 1.165) is 49.2 Å². The zero-order valence-electron chi connectivity index (χ0n) is 14.7. The maximum Gasteiger partial charge on any atom is 0.159 e. The molecule has 2 aromatic rings. The lowest BCUT2D eigenvalue weighted by Crippen LogP contribution is -2.53. The van der Waals surface area contributed by atoms with Crippen molar-refractivity contribution in [2.24, 2.45) is 0 Å². The number of aliphatic hydroxyl groups excluding tert-OH is 1. The normalized spacial score (nSPS) is 24.8. The summed E-state index contributed by atoms with van der Waals surface area (Å²) in [5, 5.41) is 14.5. The van der Waals surface area contributed by atoms with Gasteiger partial charge < -0.3 is 14.7 Å². The highest BCUT2D eigenvalue weighted by Gasteiger charge is 2.33. The van der Waals surface area contributed by atoms with Crippen molar-refractivity contribution in [3.63, 3.8) is 0 Å². The van der Waals surface area contributed by atoms with Gasteiger partial charge in [-0.05, 0) is 19.9 Å². The summed E-state index contributed by atoms with van der Waals surface area (Å²) in [6.45, 7) is 8.60. The van der Waals surface area contributed by atoms with Crippen molar-refractivity contribution >= 4 is 5.82 Å². The number of anilines is 1. The van der Waals surface area contributed by atoms with E-state index in [1.54, 1.807) is 6.33 Å². The molecule has 0 spiro atoms. The predicted octanol–water partition coefficient (Wildman–Crippen LogP) is 0.161. The Labute approximate surface area is 147 Å². The molecule has 2 aromatic heterocycles. The number of rotatable bonds is 3. The average Bonchev–Trinajstić information content (AvgIpc) is 3.20. The van der Waals surface area contributed by atoms with Crippen LogP contribution in [-0.4, -0.2) is 81.3 Å². The Kier molecular flexibility index (Phi) is 4.41. The van der Waals surface area contributed by atoms with Crippen molar-refractivity contribution in [2.75, 3.05) is 44.3 Å². The third kappa shape index (κ3) is 3.24. The molecular formula is C17H24N6O2. The monoisotopic (exact) mass is 344 g/mol. The largest absolute Gasteiger partial charge is 0.389 e. The van der Waals surface area contributed by atoms with Crippen LogP contribution < -0.4 is 4.90 Å². The Morgan fingerprint density at radius 2 is 1.80 bits per heavy atom. The van der Waals surface area contributed by atoms with Gasteiger partial charge >= 0.3 is 0 Å². The Hall–Kier alpha value is -2.03. The SMILES string of the molecule is Cc1cc(C)n(-c2cc(N3CCN(C4COCC4O)CC3)ncn2)n1. The van der Waals surface area contributed by atoms with Gasteiger partial charge in [-0.2, -0.15) is 5.10 Å². The first-order valence-corrected chi connectivity index (χ1v) is 8.72. The molecule has 2 aliphatic rings. The average molecular weight is 344 g/mol. The Balaban J connectivity index is 1.46. The van der Waals surface area contributed by atoms with Gasteiger partial charge in [-0.1, -0.05) is 0 Å². The third-order valence-corrected chi connectivity index (χ3v) is 4.99. The zero-order chi connectivity index (χ0) is 17.4. The van der Waals surface area contributed by atoms with Crippen molar-refractivity contribution in [1.82, 2.24) is 24.6 Å². The van der Waals surface area contributed by atoms with Gasteiger partial charge in [0.15, 0.2) is 5.82 Å². The summed E-state index contributed by atoms with van der Waals surface area (Å²) >= 11 is 0. The third-order valence-electron chi connectivity index (χ3n) is 4.99. The second kappa shape index (κ2) is 6.70. The van der Waals surface area contributed by atoms with Crippen LogP contribution in [0.2, 0.25) is 0 Å². The fourth-order valence-electron chi connectivity index (χ4n) is 3.65. The van der Waals surface area contributed by atoms with Crippen LogP contribution in [0.25, 0.3) is 5.82 Å². The molecule has 2 unspecified atom stereocenters. The van der Waals surface area contributed by atoms with Gasteiger partial charge in [0, 0.05) is 37.9 Å². The minimum atomic E-state index is -0.372. The first-order chi connectivity index (χ1) is 12.1. The number of hydrogen-bond acceptors (Lipinski definition) is 7. The van der Waals surface area contributed by atoms with Gasteiger partial charge in [0.2, 0.25) is 0 Å². The van der Waals surface area contributed by atoms with Gasteiger partial charge in [0.25, 0.3) is 0 Å². The molecule has 2 fully saturated rings. The molecule has 134 valence electrons. The first kappa shape index (κ1) is 16.4. The Morgan fingerprint density at radius 3 is 2.44 bits per heavy atom. The van der Waals surface area contributed by atoms with Gasteiger partial charge in [-0.3, -0.25) is 4.90 Å². The number of ether oxygens (including phenoxy) is 1. The molecular weight excluding hydrogens is 320 g/mol. The van der Waals surface area contributed by atoms with Gasteiger partial charge in [0.1, 0.15) is 12.1 Å². The predicted molar refractivity (Wildman–Crippen MR) is 93.0 cm³/mol. The molecule has 0 amide bonds. The molecule has 0 saturated carbocycles. The molecule has 0 radical (unpaired) electrons. The van der Waals surface area contributed by atoms with Crippen molar-refractivity contribution in [3.8, 4) is 5.82 Å². The van der Waals surface area contributed by atoms with E-state index in [1.165, 1.54) is 0 Å².